The molecule has 1 aromatic carbocycles. The smallest absolute Gasteiger partial charge is 0.261 e. The third-order valence-electron chi connectivity index (χ3n) is 2.53. The zero-order valence-electron chi connectivity index (χ0n) is 8.62. The van der Waals surface area contributed by atoms with Gasteiger partial charge in [-0.05, 0) is 18.6 Å². The van der Waals surface area contributed by atoms with E-state index in [1.54, 1.807) is 11.6 Å². The lowest BCUT2D eigenvalue weighted by atomic mass is 10.1. The van der Waals surface area contributed by atoms with Crippen LogP contribution in [-0.2, 0) is 11.5 Å². The summed E-state index contributed by atoms with van der Waals surface area (Å²) in [6.07, 6.45) is 0. The number of aryl methyl sites for hydroxylation is 1. The van der Waals surface area contributed by atoms with E-state index in [4.69, 9.17) is 0 Å². The van der Waals surface area contributed by atoms with E-state index in [9.17, 15) is 4.79 Å². The Morgan fingerprint density at radius 2 is 2.20 bits per heavy atom. The van der Waals surface area contributed by atoms with Crippen LogP contribution in [0, 0.1) is 6.92 Å². The second-order valence-corrected chi connectivity index (χ2v) is 4.26. The van der Waals surface area contributed by atoms with Crippen molar-refractivity contribution in [3.05, 3.63) is 39.9 Å². The van der Waals surface area contributed by atoms with E-state index < -0.39 is 0 Å². The lowest BCUT2D eigenvalue weighted by Gasteiger charge is -2.07. The van der Waals surface area contributed by atoms with Crippen LogP contribution in [0.5, 0.6) is 0 Å². The second-order valence-electron chi connectivity index (χ2n) is 3.49. The number of hydrogen-bond donors (Lipinski definition) is 0. The molecule has 0 unspecified atom stereocenters. The van der Waals surface area contributed by atoms with Gasteiger partial charge in [0, 0.05) is 7.05 Å². The van der Waals surface area contributed by atoms with Gasteiger partial charge in [0.15, 0.2) is 0 Å². The summed E-state index contributed by atoms with van der Waals surface area (Å²) in [6.45, 7) is 1.94. The molecule has 0 saturated heterocycles. The molecule has 0 aliphatic carbocycles. The van der Waals surface area contributed by atoms with E-state index in [1.807, 2.05) is 25.1 Å². The summed E-state index contributed by atoms with van der Waals surface area (Å²) in [5, 5.41) is 0.730. The highest BCUT2D eigenvalue weighted by Crippen LogP contribution is 2.13. The SMILES string of the molecule is Cc1cccc2nc(CI)n(C)c(=O)c12. The molecule has 4 heteroatoms. The van der Waals surface area contributed by atoms with Crippen molar-refractivity contribution in [3.63, 3.8) is 0 Å². The van der Waals surface area contributed by atoms with Crippen LogP contribution in [0.1, 0.15) is 11.4 Å². The molecule has 1 heterocycles. The number of fused-ring (bicyclic) bond motifs is 1. The normalized spacial score (nSPS) is 10.9. The van der Waals surface area contributed by atoms with Gasteiger partial charge in [0.25, 0.3) is 5.56 Å². The molecular formula is C11H11IN2O. The molecule has 1 aromatic heterocycles. The molecule has 2 rings (SSSR count). The largest absolute Gasteiger partial charge is 0.299 e. The number of benzene rings is 1. The number of rotatable bonds is 1. The van der Waals surface area contributed by atoms with Crippen LogP contribution in [0.2, 0.25) is 0 Å². The number of nitrogens with zero attached hydrogens (tertiary/aromatic N) is 2. The predicted octanol–water partition coefficient (Wildman–Crippen LogP) is 2.18. The van der Waals surface area contributed by atoms with Gasteiger partial charge in [0.2, 0.25) is 0 Å². The van der Waals surface area contributed by atoms with E-state index in [-0.39, 0.29) is 5.56 Å². The van der Waals surface area contributed by atoms with Crippen LogP contribution < -0.4 is 5.56 Å². The van der Waals surface area contributed by atoms with Crippen molar-refractivity contribution in [1.82, 2.24) is 9.55 Å². The average molecular weight is 314 g/mol. The molecule has 0 amide bonds. The summed E-state index contributed by atoms with van der Waals surface area (Å²) in [5.74, 6) is 0.818. The van der Waals surface area contributed by atoms with Gasteiger partial charge in [-0.1, -0.05) is 34.7 Å². The van der Waals surface area contributed by atoms with Crippen molar-refractivity contribution < 1.29 is 0 Å². The monoisotopic (exact) mass is 314 g/mol. The van der Waals surface area contributed by atoms with Crippen molar-refractivity contribution in [2.75, 3.05) is 0 Å². The zero-order valence-corrected chi connectivity index (χ0v) is 10.8. The van der Waals surface area contributed by atoms with Gasteiger partial charge in [0.05, 0.1) is 15.3 Å². The zero-order chi connectivity index (χ0) is 11.0. The Balaban J connectivity index is 2.98. The lowest BCUT2D eigenvalue weighted by molar-refractivity contribution is 0.789. The molecule has 0 N–H and O–H groups in total. The van der Waals surface area contributed by atoms with Crippen molar-refractivity contribution >= 4 is 33.5 Å². The molecule has 0 bridgehead atoms. The first-order chi connectivity index (χ1) is 7.15. The maximum Gasteiger partial charge on any atom is 0.261 e. The van der Waals surface area contributed by atoms with E-state index in [1.165, 1.54) is 0 Å². The van der Waals surface area contributed by atoms with E-state index in [0.29, 0.717) is 0 Å². The predicted molar refractivity (Wildman–Crippen MR) is 69.4 cm³/mol. The van der Waals surface area contributed by atoms with E-state index in [2.05, 4.69) is 27.6 Å². The van der Waals surface area contributed by atoms with Crippen LogP contribution in [-0.4, -0.2) is 9.55 Å². The molecule has 0 radical (unpaired) electrons. The molecule has 2 aromatic rings. The van der Waals surface area contributed by atoms with Gasteiger partial charge in [-0.15, -0.1) is 0 Å². The fraction of sp³-hybridized carbons (Fsp3) is 0.273. The minimum absolute atomic E-state index is 0.0461. The summed E-state index contributed by atoms with van der Waals surface area (Å²) >= 11 is 2.21. The van der Waals surface area contributed by atoms with E-state index >= 15 is 0 Å². The molecular weight excluding hydrogens is 303 g/mol. The number of halogens is 1. The molecule has 78 valence electrons. The first-order valence-corrected chi connectivity index (χ1v) is 6.19. The summed E-state index contributed by atoms with van der Waals surface area (Å²) < 4.78 is 2.37. The Morgan fingerprint density at radius 1 is 1.47 bits per heavy atom. The Labute approximate surface area is 101 Å². The van der Waals surface area contributed by atoms with Gasteiger partial charge in [-0.3, -0.25) is 9.36 Å². The molecule has 0 atom stereocenters. The number of aromatic nitrogens is 2. The third kappa shape index (κ3) is 1.67. The molecule has 15 heavy (non-hydrogen) atoms. The van der Waals surface area contributed by atoms with Crippen molar-refractivity contribution in [3.8, 4) is 0 Å². The van der Waals surface area contributed by atoms with Crippen molar-refractivity contribution in [1.29, 1.82) is 0 Å². The van der Waals surface area contributed by atoms with Gasteiger partial charge < -0.3 is 0 Å². The minimum Gasteiger partial charge on any atom is -0.299 e. The highest BCUT2D eigenvalue weighted by Gasteiger charge is 2.08. The van der Waals surface area contributed by atoms with Crippen LogP contribution in [0.15, 0.2) is 23.0 Å². The maximum absolute atomic E-state index is 12.0. The molecule has 0 aliphatic heterocycles. The Hall–Kier alpha value is -0.910. The average Bonchev–Trinajstić information content (AvgIpc) is 2.23. The molecule has 0 fully saturated rings. The molecule has 0 saturated carbocycles. The van der Waals surface area contributed by atoms with Crippen LogP contribution in [0.3, 0.4) is 0 Å². The Bertz CT molecular complexity index is 575. The maximum atomic E-state index is 12.0. The van der Waals surface area contributed by atoms with Gasteiger partial charge in [-0.25, -0.2) is 4.98 Å². The van der Waals surface area contributed by atoms with Gasteiger partial charge in [-0.2, -0.15) is 0 Å². The lowest BCUT2D eigenvalue weighted by Crippen LogP contribution is -2.22. The molecule has 3 nitrogen and oxygen atoms in total. The molecule has 0 spiro atoms. The number of alkyl halides is 1. The van der Waals surface area contributed by atoms with Crippen molar-refractivity contribution in [2.45, 2.75) is 11.4 Å². The fourth-order valence-corrected chi connectivity index (χ4v) is 2.32. The highest BCUT2D eigenvalue weighted by molar-refractivity contribution is 14.1. The fourth-order valence-electron chi connectivity index (χ4n) is 1.64. The van der Waals surface area contributed by atoms with Gasteiger partial charge in [0.1, 0.15) is 5.82 Å². The number of hydrogen-bond acceptors (Lipinski definition) is 2. The minimum atomic E-state index is 0.0461. The first-order valence-electron chi connectivity index (χ1n) is 4.66. The highest BCUT2D eigenvalue weighted by atomic mass is 127. The van der Waals surface area contributed by atoms with E-state index in [0.717, 1.165) is 26.7 Å². The summed E-state index contributed by atoms with van der Waals surface area (Å²) in [6, 6.07) is 5.76. The second kappa shape index (κ2) is 3.92. The summed E-state index contributed by atoms with van der Waals surface area (Å²) in [7, 11) is 1.77. The Morgan fingerprint density at radius 3 is 2.87 bits per heavy atom. The van der Waals surface area contributed by atoms with Crippen molar-refractivity contribution in [2.24, 2.45) is 7.05 Å². The quantitative estimate of drug-likeness (QED) is 0.597. The van der Waals surface area contributed by atoms with Gasteiger partial charge >= 0.3 is 0 Å². The topological polar surface area (TPSA) is 34.9 Å². The molecule has 0 aliphatic rings. The third-order valence-corrected chi connectivity index (χ3v) is 3.21. The van der Waals surface area contributed by atoms with Crippen LogP contribution in [0.4, 0.5) is 0 Å². The standard InChI is InChI=1S/C11H11IN2O/c1-7-4-3-5-8-10(7)11(15)14(2)9(6-12)13-8/h3-5H,6H2,1-2H3. The summed E-state index contributed by atoms with van der Waals surface area (Å²) in [5.41, 5.74) is 1.83. The van der Waals surface area contributed by atoms with Crippen LogP contribution >= 0.6 is 22.6 Å². The Kier molecular flexibility index (Phi) is 2.77. The summed E-state index contributed by atoms with van der Waals surface area (Å²) in [4.78, 5) is 16.5. The first kappa shape index (κ1) is 10.6. The van der Waals surface area contributed by atoms with Crippen LogP contribution in [0.25, 0.3) is 10.9 Å².